The third kappa shape index (κ3) is 1.78. The number of piperidine rings is 1. The highest BCUT2D eigenvalue weighted by atomic mass is 79.9. The summed E-state index contributed by atoms with van der Waals surface area (Å²) in [4.78, 5) is 0.612. The van der Waals surface area contributed by atoms with Crippen molar-refractivity contribution in [2.24, 2.45) is 0 Å². The number of rotatable bonds is 0. The monoisotopic (exact) mass is 162 g/mol. The van der Waals surface area contributed by atoms with Crippen LogP contribution >= 0.6 is 15.9 Å². The van der Waals surface area contributed by atoms with Crippen molar-refractivity contribution in [3.05, 3.63) is 6.42 Å². The molecule has 1 atom stereocenters. The van der Waals surface area contributed by atoms with Crippen LogP contribution in [0.25, 0.3) is 0 Å². The average Bonchev–Trinajstić information content (AvgIpc) is 1.69. The molecule has 0 spiro atoms. The molecule has 1 N–H and O–H groups in total. The van der Waals surface area contributed by atoms with Crippen LogP contribution in [0.1, 0.15) is 6.42 Å². The fraction of sp³-hybridized carbons (Fsp3) is 0.800. The van der Waals surface area contributed by atoms with Gasteiger partial charge in [0.15, 0.2) is 0 Å². The molecule has 1 fully saturated rings. The third-order valence-corrected chi connectivity index (χ3v) is 1.78. The van der Waals surface area contributed by atoms with Gasteiger partial charge >= 0.3 is 0 Å². The molecule has 0 aromatic carbocycles. The summed E-state index contributed by atoms with van der Waals surface area (Å²) in [6, 6.07) is 0. The summed E-state index contributed by atoms with van der Waals surface area (Å²) in [7, 11) is 0. The van der Waals surface area contributed by atoms with Crippen molar-refractivity contribution in [2.45, 2.75) is 11.2 Å². The molecule has 1 saturated heterocycles. The lowest BCUT2D eigenvalue weighted by atomic mass is 10.2. The zero-order chi connectivity index (χ0) is 5.11. The molecule has 2 heteroatoms. The van der Waals surface area contributed by atoms with Crippen LogP contribution in [-0.4, -0.2) is 17.9 Å². The van der Waals surface area contributed by atoms with E-state index in [0.29, 0.717) is 4.83 Å². The summed E-state index contributed by atoms with van der Waals surface area (Å²) in [6.45, 7) is 2.25. The van der Waals surface area contributed by atoms with Gasteiger partial charge < -0.3 is 5.32 Å². The van der Waals surface area contributed by atoms with Crippen LogP contribution in [0, 0.1) is 6.42 Å². The van der Waals surface area contributed by atoms with Gasteiger partial charge in [0.2, 0.25) is 0 Å². The van der Waals surface area contributed by atoms with Gasteiger partial charge in [-0.3, -0.25) is 0 Å². The van der Waals surface area contributed by atoms with Crippen LogP contribution in [0.5, 0.6) is 0 Å². The molecule has 41 valence electrons. The summed E-state index contributed by atoms with van der Waals surface area (Å²) < 4.78 is 0. The van der Waals surface area contributed by atoms with E-state index < -0.39 is 0 Å². The average molecular weight is 163 g/mol. The molecule has 1 rings (SSSR count). The Morgan fingerprint density at radius 3 is 2.86 bits per heavy atom. The summed E-state index contributed by atoms with van der Waals surface area (Å²) in [5.74, 6) is 0. The Morgan fingerprint density at radius 2 is 2.57 bits per heavy atom. The minimum absolute atomic E-state index is 0.612. The molecule has 1 heterocycles. The van der Waals surface area contributed by atoms with E-state index in [4.69, 9.17) is 0 Å². The number of hydrogen-bond donors (Lipinski definition) is 1. The number of halogens is 1. The Hall–Kier alpha value is 0.440. The van der Waals surface area contributed by atoms with Gasteiger partial charge in [0.1, 0.15) is 0 Å². The van der Waals surface area contributed by atoms with Crippen molar-refractivity contribution < 1.29 is 0 Å². The Morgan fingerprint density at radius 1 is 1.71 bits per heavy atom. The fourth-order valence-corrected chi connectivity index (χ4v) is 1.18. The molecule has 0 aliphatic carbocycles. The van der Waals surface area contributed by atoms with E-state index >= 15 is 0 Å². The summed E-state index contributed by atoms with van der Waals surface area (Å²) >= 11 is 3.47. The Bertz CT molecular complexity index is 50.0. The maximum Gasteiger partial charge on any atom is 0.0302 e. The van der Waals surface area contributed by atoms with Gasteiger partial charge in [-0.1, -0.05) is 15.9 Å². The van der Waals surface area contributed by atoms with E-state index in [2.05, 4.69) is 27.7 Å². The SMILES string of the molecule is BrC1[CH]CCNC1. The highest BCUT2D eigenvalue weighted by Crippen LogP contribution is 2.07. The molecule has 1 aliphatic rings. The normalized spacial score (nSPS) is 33.0. The maximum absolute atomic E-state index is 3.47. The fourth-order valence-electron chi connectivity index (χ4n) is 0.690. The van der Waals surface area contributed by atoms with Crippen LogP contribution in [0.2, 0.25) is 0 Å². The zero-order valence-corrected chi connectivity index (χ0v) is 5.74. The highest BCUT2D eigenvalue weighted by molar-refractivity contribution is 9.09. The molecule has 0 amide bonds. The quantitative estimate of drug-likeness (QED) is 0.524. The Labute approximate surface area is 52.6 Å². The summed E-state index contributed by atoms with van der Waals surface area (Å²) in [5, 5.41) is 3.26. The smallest absolute Gasteiger partial charge is 0.0302 e. The van der Waals surface area contributed by atoms with Crippen LogP contribution < -0.4 is 5.32 Å². The molecular formula is C5H9BrN. The molecule has 1 unspecified atom stereocenters. The van der Waals surface area contributed by atoms with Crippen LogP contribution in [0.15, 0.2) is 0 Å². The summed E-state index contributed by atoms with van der Waals surface area (Å²) in [5.41, 5.74) is 0. The molecular weight excluding hydrogens is 154 g/mol. The van der Waals surface area contributed by atoms with Crippen molar-refractivity contribution in [2.75, 3.05) is 13.1 Å². The maximum atomic E-state index is 3.47. The van der Waals surface area contributed by atoms with E-state index in [9.17, 15) is 0 Å². The summed E-state index contributed by atoms with van der Waals surface area (Å²) in [6.07, 6.45) is 3.49. The largest absolute Gasteiger partial charge is 0.316 e. The number of hydrogen-bond acceptors (Lipinski definition) is 1. The standard InChI is InChI=1S/C5H9BrN/c6-5-2-1-3-7-4-5/h2,5,7H,1,3-4H2. The second-order valence-corrected chi connectivity index (χ2v) is 2.92. The minimum Gasteiger partial charge on any atom is -0.316 e. The molecule has 0 aromatic rings. The minimum atomic E-state index is 0.612. The van der Waals surface area contributed by atoms with Crippen molar-refractivity contribution in [1.29, 1.82) is 0 Å². The van der Waals surface area contributed by atoms with Gasteiger partial charge in [0, 0.05) is 11.4 Å². The zero-order valence-electron chi connectivity index (χ0n) is 4.15. The van der Waals surface area contributed by atoms with Crippen molar-refractivity contribution in [3.8, 4) is 0 Å². The van der Waals surface area contributed by atoms with Gasteiger partial charge in [0.05, 0.1) is 0 Å². The van der Waals surface area contributed by atoms with E-state index in [0.717, 1.165) is 13.1 Å². The van der Waals surface area contributed by atoms with Crippen LogP contribution in [0.3, 0.4) is 0 Å². The molecule has 1 radical (unpaired) electrons. The second kappa shape index (κ2) is 2.68. The first-order valence-electron chi connectivity index (χ1n) is 2.58. The predicted octanol–water partition coefficient (Wildman–Crippen LogP) is 0.947. The lowest BCUT2D eigenvalue weighted by molar-refractivity contribution is 0.618. The lowest BCUT2D eigenvalue weighted by Crippen LogP contribution is -2.30. The van der Waals surface area contributed by atoms with Crippen molar-refractivity contribution >= 4 is 15.9 Å². The van der Waals surface area contributed by atoms with Crippen molar-refractivity contribution in [1.82, 2.24) is 5.32 Å². The van der Waals surface area contributed by atoms with Crippen molar-refractivity contribution in [3.63, 3.8) is 0 Å². The van der Waals surface area contributed by atoms with Gasteiger partial charge in [-0.05, 0) is 19.4 Å². The molecule has 1 aliphatic heterocycles. The first kappa shape index (κ1) is 5.57. The van der Waals surface area contributed by atoms with Gasteiger partial charge in [-0.2, -0.15) is 0 Å². The van der Waals surface area contributed by atoms with E-state index in [1.165, 1.54) is 6.42 Å². The Balaban J connectivity index is 2.12. The van der Waals surface area contributed by atoms with Crippen LogP contribution in [0.4, 0.5) is 0 Å². The molecule has 0 saturated carbocycles. The molecule has 1 nitrogen and oxygen atoms in total. The molecule has 0 aromatic heterocycles. The van der Waals surface area contributed by atoms with E-state index in [1.54, 1.807) is 0 Å². The van der Waals surface area contributed by atoms with Gasteiger partial charge in [-0.15, -0.1) is 0 Å². The molecule has 7 heavy (non-hydrogen) atoms. The number of nitrogens with one attached hydrogen (secondary N) is 1. The lowest BCUT2D eigenvalue weighted by Gasteiger charge is -2.15. The predicted molar refractivity (Wildman–Crippen MR) is 34.5 cm³/mol. The van der Waals surface area contributed by atoms with Crippen LogP contribution in [-0.2, 0) is 0 Å². The third-order valence-electron chi connectivity index (χ3n) is 1.08. The Kier molecular flexibility index (Phi) is 2.13. The van der Waals surface area contributed by atoms with E-state index in [-0.39, 0.29) is 0 Å². The first-order valence-corrected chi connectivity index (χ1v) is 3.49. The topological polar surface area (TPSA) is 12.0 Å². The van der Waals surface area contributed by atoms with Gasteiger partial charge in [-0.25, -0.2) is 0 Å². The van der Waals surface area contributed by atoms with E-state index in [1.807, 2.05) is 0 Å². The first-order chi connectivity index (χ1) is 3.39. The molecule has 0 bridgehead atoms. The number of alkyl halides is 1. The highest BCUT2D eigenvalue weighted by Gasteiger charge is 2.07. The second-order valence-electron chi connectivity index (χ2n) is 1.74. The van der Waals surface area contributed by atoms with Gasteiger partial charge in [0.25, 0.3) is 0 Å².